The van der Waals surface area contributed by atoms with Gasteiger partial charge in [0.1, 0.15) is 6.61 Å². The van der Waals surface area contributed by atoms with E-state index in [1.165, 1.54) is 6.92 Å². The summed E-state index contributed by atoms with van der Waals surface area (Å²) in [4.78, 5) is 9.89. The summed E-state index contributed by atoms with van der Waals surface area (Å²) in [5.74, 6) is -0.398. The second-order valence-electron chi connectivity index (χ2n) is 1.27. The Balaban J connectivity index is 3.05. The van der Waals surface area contributed by atoms with Gasteiger partial charge in [-0.05, 0) is 6.92 Å². The molecule has 0 N–H and O–H groups in total. The molecule has 0 spiro atoms. The number of rotatable bonds is 3. The van der Waals surface area contributed by atoms with E-state index in [2.05, 4.69) is 4.74 Å². The Morgan fingerprint density at radius 1 is 1.75 bits per heavy atom. The summed E-state index contributed by atoms with van der Waals surface area (Å²) in [6.07, 6.45) is 0. The second kappa shape index (κ2) is 3.49. The number of Topliss-reactive ketones (excluding diaryl/α,β-unsaturated/α-hetero) is 1. The van der Waals surface area contributed by atoms with Gasteiger partial charge >= 0.3 is 6.61 Å². The van der Waals surface area contributed by atoms with Crippen LogP contribution in [-0.4, -0.2) is 19.0 Å². The summed E-state index contributed by atoms with van der Waals surface area (Å²) < 4.78 is 25.7. The van der Waals surface area contributed by atoms with Gasteiger partial charge in [0.05, 0.1) is 0 Å². The SMILES string of the molecule is CC(=O)COC(F)F. The van der Waals surface area contributed by atoms with E-state index in [9.17, 15) is 13.6 Å². The molecule has 0 fully saturated rings. The molecular weight excluding hydrogens is 118 g/mol. The number of hydrogen-bond acceptors (Lipinski definition) is 2. The third-order valence-electron chi connectivity index (χ3n) is 0.413. The molecule has 0 saturated heterocycles. The molecule has 0 aromatic carbocycles. The zero-order valence-electron chi connectivity index (χ0n) is 4.36. The maximum atomic E-state index is 11.0. The van der Waals surface area contributed by atoms with Crippen LogP contribution in [0.3, 0.4) is 0 Å². The summed E-state index contributed by atoms with van der Waals surface area (Å²) in [6.45, 7) is -2.15. The summed E-state index contributed by atoms with van der Waals surface area (Å²) in [5.41, 5.74) is 0. The van der Waals surface area contributed by atoms with Crippen LogP contribution in [-0.2, 0) is 9.53 Å². The zero-order chi connectivity index (χ0) is 6.57. The predicted molar refractivity (Wildman–Crippen MR) is 22.6 cm³/mol. The van der Waals surface area contributed by atoms with Crippen molar-refractivity contribution >= 4 is 5.78 Å². The largest absolute Gasteiger partial charge is 0.345 e. The van der Waals surface area contributed by atoms with E-state index in [1.54, 1.807) is 0 Å². The van der Waals surface area contributed by atoms with Crippen LogP contribution in [0, 0.1) is 0 Å². The van der Waals surface area contributed by atoms with Crippen molar-refractivity contribution in [3.05, 3.63) is 0 Å². The standard InChI is InChI=1S/C4H6F2O2/c1-3(7)2-8-4(5)6/h4H,2H2,1H3. The molecule has 0 aliphatic rings. The minimum absolute atomic E-state index is 0.398. The fourth-order valence-electron chi connectivity index (χ4n) is 0.180. The van der Waals surface area contributed by atoms with Crippen LogP contribution in [0.25, 0.3) is 0 Å². The van der Waals surface area contributed by atoms with Gasteiger partial charge in [0.2, 0.25) is 0 Å². The smallest absolute Gasteiger partial charge is 0.315 e. The van der Waals surface area contributed by atoms with E-state index >= 15 is 0 Å². The maximum Gasteiger partial charge on any atom is 0.345 e. The monoisotopic (exact) mass is 124 g/mol. The van der Waals surface area contributed by atoms with E-state index in [0.29, 0.717) is 0 Å². The first-order valence-corrected chi connectivity index (χ1v) is 2.02. The van der Waals surface area contributed by atoms with E-state index in [1.807, 2.05) is 0 Å². The zero-order valence-corrected chi connectivity index (χ0v) is 4.36. The van der Waals surface area contributed by atoms with Crippen LogP contribution in [0.5, 0.6) is 0 Å². The van der Waals surface area contributed by atoms with Crippen molar-refractivity contribution in [2.24, 2.45) is 0 Å². The summed E-state index contributed by atoms with van der Waals surface area (Å²) >= 11 is 0. The molecule has 4 heteroatoms. The Kier molecular flexibility index (Phi) is 3.26. The fraction of sp³-hybridized carbons (Fsp3) is 0.750. The first-order chi connectivity index (χ1) is 3.63. The average Bonchev–Trinajstić information content (AvgIpc) is 1.61. The first-order valence-electron chi connectivity index (χ1n) is 2.02. The van der Waals surface area contributed by atoms with E-state index in [4.69, 9.17) is 0 Å². The highest BCUT2D eigenvalue weighted by atomic mass is 19.3. The van der Waals surface area contributed by atoms with Gasteiger partial charge in [0.15, 0.2) is 5.78 Å². The Bertz CT molecular complexity index is 82.1. The third-order valence-corrected chi connectivity index (χ3v) is 0.413. The molecule has 0 aromatic rings. The van der Waals surface area contributed by atoms with E-state index < -0.39 is 19.0 Å². The lowest BCUT2D eigenvalue weighted by Crippen LogP contribution is -2.07. The number of hydrogen-bond donors (Lipinski definition) is 0. The van der Waals surface area contributed by atoms with E-state index in [0.717, 1.165) is 0 Å². The van der Waals surface area contributed by atoms with Crippen LogP contribution in [0.15, 0.2) is 0 Å². The Morgan fingerprint density at radius 3 is 2.38 bits per heavy atom. The van der Waals surface area contributed by atoms with Gasteiger partial charge in [-0.15, -0.1) is 0 Å². The highest BCUT2D eigenvalue weighted by molar-refractivity contribution is 5.76. The molecule has 0 aliphatic carbocycles. The van der Waals surface area contributed by atoms with Crippen LogP contribution < -0.4 is 0 Å². The van der Waals surface area contributed by atoms with Crippen molar-refractivity contribution in [3.8, 4) is 0 Å². The number of alkyl halides is 2. The van der Waals surface area contributed by atoms with Crippen LogP contribution >= 0.6 is 0 Å². The predicted octanol–water partition coefficient (Wildman–Crippen LogP) is 0.815. The molecule has 0 radical (unpaired) electrons. The molecule has 0 saturated carbocycles. The van der Waals surface area contributed by atoms with Crippen molar-refractivity contribution in [2.75, 3.05) is 6.61 Å². The molecule has 0 aromatic heterocycles. The number of carbonyl (C=O) groups is 1. The molecule has 0 amide bonds. The fourth-order valence-corrected chi connectivity index (χ4v) is 0.180. The minimum Gasteiger partial charge on any atom is -0.315 e. The lowest BCUT2D eigenvalue weighted by atomic mass is 10.5. The van der Waals surface area contributed by atoms with Crippen molar-refractivity contribution in [1.82, 2.24) is 0 Å². The minimum atomic E-state index is -2.83. The second-order valence-corrected chi connectivity index (χ2v) is 1.27. The molecule has 2 nitrogen and oxygen atoms in total. The molecule has 0 heterocycles. The molecule has 0 atom stereocenters. The summed E-state index contributed by atoms with van der Waals surface area (Å²) in [6, 6.07) is 0. The van der Waals surface area contributed by atoms with Crippen molar-refractivity contribution in [3.63, 3.8) is 0 Å². The Hall–Kier alpha value is -0.510. The third kappa shape index (κ3) is 5.49. The van der Waals surface area contributed by atoms with Crippen LogP contribution in [0.2, 0.25) is 0 Å². The van der Waals surface area contributed by atoms with Gasteiger partial charge in [0, 0.05) is 0 Å². The van der Waals surface area contributed by atoms with Crippen molar-refractivity contribution in [1.29, 1.82) is 0 Å². The van der Waals surface area contributed by atoms with Gasteiger partial charge in [-0.3, -0.25) is 4.79 Å². The van der Waals surface area contributed by atoms with Crippen molar-refractivity contribution in [2.45, 2.75) is 13.5 Å². The number of ketones is 1. The number of ether oxygens (including phenoxy) is 1. The molecule has 0 unspecified atom stereocenters. The Labute approximate surface area is 45.4 Å². The lowest BCUT2D eigenvalue weighted by Gasteiger charge is -1.95. The molecule has 48 valence electrons. The molecule has 0 bridgehead atoms. The van der Waals surface area contributed by atoms with Gasteiger partial charge in [-0.2, -0.15) is 8.78 Å². The lowest BCUT2D eigenvalue weighted by molar-refractivity contribution is -0.148. The van der Waals surface area contributed by atoms with E-state index in [-0.39, 0.29) is 0 Å². The highest BCUT2D eigenvalue weighted by Crippen LogP contribution is 1.92. The van der Waals surface area contributed by atoms with Crippen LogP contribution in [0.1, 0.15) is 6.92 Å². The number of halogens is 2. The quantitative estimate of drug-likeness (QED) is 0.556. The van der Waals surface area contributed by atoms with Gasteiger partial charge < -0.3 is 4.74 Å². The average molecular weight is 124 g/mol. The topological polar surface area (TPSA) is 26.3 Å². The normalized spacial score (nSPS) is 10.0. The summed E-state index contributed by atoms with van der Waals surface area (Å²) in [7, 11) is 0. The van der Waals surface area contributed by atoms with Gasteiger partial charge in [-0.1, -0.05) is 0 Å². The maximum absolute atomic E-state index is 11.0. The van der Waals surface area contributed by atoms with Gasteiger partial charge in [-0.25, -0.2) is 0 Å². The first kappa shape index (κ1) is 7.49. The van der Waals surface area contributed by atoms with Crippen LogP contribution in [0.4, 0.5) is 8.78 Å². The van der Waals surface area contributed by atoms with Crippen molar-refractivity contribution < 1.29 is 18.3 Å². The molecular formula is C4H6F2O2. The number of carbonyl (C=O) groups excluding carboxylic acids is 1. The Morgan fingerprint density at radius 2 is 2.25 bits per heavy atom. The molecule has 0 rings (SSSR count). The molecule has 0 aliphatic heterocycles. The van der Waals surface area contributed by atoms with Gasteiger partial charge in [0.25, 0.3) is 0 Å². The highest BCUT2D eigenvalue weighted by Gasteiger charge is 2.01. The molecule has 8 heavy (non-hydrogen) atoms. The summed E-state index contributed by atoms with van der Waals surface area (Å²) in [5, 5.41) is 0.